The average molecular weight is 1260 g/mol. The number of hydrogen-bond acceptors (Lipinski definition) is 15. The van der Waals surface area contributed by atoms with Crippen LogP contribution in [0.3, 0.4) is 0 Å². The number of nitrogens with one attached hydrogen (secondary N) is 6. The number of ether oxygens (including phenoxy) is 2. The first-order valence-corrected chi connectivity index (χ1v) is 37.8. The molecule has 12 N–H and O–H groups in total. The maximum Gasteiger partial charge on any atom is 0.481 e. The molecular formula is C66H120N8O11P2. The molecular weight excluding hydrogens is 1140 g/mol. The topological polar surface area (TPSA) is 279 Å². The molecule has 0 bridgehead atoms. The van der Waals surface area contributed by atoms with E-state index in [4.69, 9.17) is 34.3 Å². The van der Waals surface area contributed by atoms with Crippen molar-refractivity contribution in [1.82, 2.24) is 31.9 Å². The lowest BCUT2D eigenvalue weighted by molar-refractivity contribution is -0.0609. The Morgan fingerprint density at radius 1 is 0.517 bits per heavy atom. The van der Waals surface area contributed by atoms with Crippen LogP contribution in [0.2, 0.25) is 0 Å². The van der Waals surface area contributed by atoms with Crippen LogP contribution in [0.15, 0.2) is 23.3 Å². The number of phosphoric acid groups is 2. The third-order valence-electron chi connectivity index (χ3n) is 24.0. The Kier molecular flexibility index (Phi) is 26.7. The van der Waals surface area contributed by atoms with Gasteiger partial charge in [0.15, 0.2) is 0 Å². The van der Waals surface area contributed by atoms with Gasteiger partial charge in [0.1, 0.15) is 12.2 Å². The van der Waals surface area contributed by atoms with Gasteiger partial charge in [0.25, 0.3) is 0 Å². The van der Waals surface area contributed by atoms with Gasteiger partial charge in [-0.2, -0.15) is 4.31 Å². The lowest BCUT2D eigenvalue weighted by Gasteiger charge is -2.58. The number of hydrogen-bond donors (Lipinski definition) is 10. The number of carbonyl (C=O) groups is 2. The Hall–Kier alpha value is -1.96. The highest BCUT2D eigenvalue weighted by Crippen LogP contribution is 2.70. The van der Waals surface area contributed by atoms with Crippen molar-refractivity contribution in [3.8, 4) is 0 Å². The molecule has 2 amide bonds. The zero-order valence-corrected chi connectivity index (χ0v) is 56.4. The molecule has 0 aromatic carbocycles. The highest BCUT2D eigenvalue weighted by molar-refractivity contribution is 7.61. The second kappa shape index (κ2) is 32.7. The van der Waals surface area contributed by atoms with Crippen LogP contribution >= 0.6 is 15.6 Å². The van der Waals surface area contributed by atoms with Gasteiger partial charge in [-0.1, -0.05) is 64.8 Å². The summed E-state index contributed by atoms with van der Waals surface area (Å²) in [6.07, 6.45) is 28.2. The summed E-state index contributed by atoms with van der Waals surface area (Å²) in [4.78, 5) is 47.6. The number of unbranched alkanes of at least 4 members (excludes halogenated alkanes) is 2. The Bertz CT molecular complexity index is 2200. The highest BCUT2D eigenvalue weighted by Gasteiger charge is 2.61. The van der Waals surface area contributed by atoms with E-state index in [-0.39, 0.29) is 82.9 Å². The zero-order valence-electron chi connectivity index (χ0n) is 54.6. The fourth-order valence-corrected chi connectivity index (χ4v) is 21.7. The van der Waals surface area contributed by atoms with E-state index in [0.29, 0.717) is 48.6 Å². The van der Waals surface area contributed by atoms with E-state index >= 15 is 0 Å². The minimum Gasteiger partial charge on any atom is -0.446 e. The summed E-state index contributed by atoms with van der Waals surface area (Å²) in [5, 5.41) is 19.7. The zero-order chi connectivity index (χ0) is 62.3. The molecule has 0 aromatic heterocycles. The summed E-state index contributed by atoms with van der Waals surface area (Å²) in [6, 6.07) is 0. The quantitative estimate of drug-likeness (QED) is 0.0159. The van der Waals surface area contributed by atoms with Crippen LogP contribution < -0.4 is 43.4 Å². The molecule has 0 spiro atoms. The molecule has 87 heavy (non-hydrogen) atoms. The molecule has 8 aliphatic rings. The summed E-state index contributed by atoms with van der Waals surface area (Å²) in [5.74, 6) is 3.61. The third kappa shape index (κ3) is 18.3. The van der Waals surface area contributed by atoms with Gasteiger partial charge in [0.2, 0.25) is 0 Å². The molecule has 6 fully saturated rings. The van der Waals surface area contributed by atoms with Gasteiger partial charge in [-0.15, -0.1) is 0 Å². The van der Waals surface area contributed by atoms with Crippen molar-refractivity contribution in [2.75, 3.05) is 91.8 Å². The van der Waals surface area contributed by atoms with E-state index < -0.39 is 15.6 Å². The number of phosphoric ester groups is 2. The van der Waals surface area contributed by atoms with Crippen molar-refractivity contribution >= 4 is 27.8 Å². The largest absolute Gasteiger partial charge is 0.481 e. The fraction of sp³-hybridized carbons (Fsp3) is 0.909. The van der Waals surface area contributed by atoms with Gasteiger partial charge < -0.3 is 62.6 Å². The van der Waals surface area contributed by atoms with Gasteiger partial charge in [-0.05, 0) is 288 Å². The molecule has 6 saturated carbocycles. The Morgan fingerprint density at radius 3 is 1.26 bits per heavy atom. The third-order valence-corrected chi connectivity index (χ3v) is 26.6. The van der Waals surface area contributed by atoms with Crippen LogP contribution in [-0.2, 0) is 32.0 Å². The number of allylic oxidation sites excluding steroid dienone is 2. The predicted octanol–water partition coefficient (Wildman–Crippen LogP) is 11.3. The summed E-state index contributed by atoms with van der Waals surface area (Å²) in [5.41, 5.74) is 14.2. The second-order valence-corrected chi connectivity index (χ2v) is 32.4. The average Bonchev–Trinajstić information content (AvgIpc) is 1.74. The van der Waals surface area contributed by atoms with E-state index in [0.717, 1.165) is 220 Å². The number of alkyl carbamates (subject to hydrolysis) is 2. The van der Waals surface area contributed by atoms with Crippen molar-refractivity contribution in [1.29, 1.82) is 0 Å². The van der Waals surface area contributed by atoms with Gasteiger partial charge in [-0.3, -0.25) is 9.05 Å². The molecule has 0 aliphatic heterocycles. The molecule has 8 aliphatic carbocycles. The minimum absolute atomic E-state index is 0.0355. The van der Waals surface area contributed by atoms with Crippen LogP contribution in [0.25, 0.3) is 0 Å². The van der Waals surface area contributed by atoms with Crippen LogP contribution in [0.5, 0.6) is 0 Å². The fourth-order valence-electron chi connectivity index (χ4n) is 19.4. The molecule has 0 radical (unpaired) electrons. The summed E-state index contributed by atoms with van der Waals surface area (Å²) in [7, 11) is -9.91. The first-order valence-electron chi connectivity index (χ1n) is 34.8. The number of amides is 2. The molecule has 8 rings (SSSR count). The SMILES string of the molecule is CC(COP(=O)(O)OP(=O)(O)OCC(C)C1CCC2C3CC=C4CC(OC(=O)NCCCNCCCCNCCCN)CCC4(C)C3CCC12C)C1CCC2C3CC=C4CC(OC(=O)NCCCNCCCCNCCCN)CCC4(C)C3CCC12C. The van der Waals surface area contributed by atoms with Crippen molar-refractivity contribution in [2.45, 2.75) is 208 Å². The monoisotopic (exact) mass is 1260 g/mol. The number of carbonyl (C=O) groups excluding carboxylic acids is 2. The highest BCUT2D eigenvalue weighted by atomic mass is 31.3. The van der Waals surface area contributed by atoms with Gasteiger partial charge in [0, 0.05) is 25.9 Å². The molecule has 0 heterocycles. The molecule has 18 unspecified atom stereocenters. The molecule has 19 nitrogen and oxygen atoms in total. The summed E-state index contributed by atoms with van der Waals surface area (Å²) < 4.78 is 55.2. The maximum atomic E-state index is 13.5. The van der Waals surface area contributed by atoms with Crippen LogP contribution in [-0.4, -0.2) is 126 Å². The first kappa shape index (κ1) is 70.9. The lowest BCUT2D eigenvalue weighted by Crippen LogP contribution is -2.51. The number of nitrogens with two attached hydrogens (primary N) is 2. The van der Waals surface area contributed by atoms with E-state index in [1.54, 1.807) is 0 Å². The van der Waals surface area contributed by atoms with Gasteiger partial charge in [0.05, 0.1) is 13.2 Å². The first-order chi connectivity index (χ1) is 41.7. The van der Waals surface area contributed by atoms with Crippen molar-refractivity contribution < 1.29 is 51.3 Å². The van der Waals surface area contributed by atoms with Crippen molar-refractivity contribution in [3.63, 3.8) is 0 Å². The normalized spacial score (nSPS) is 35.5. The van der Waals surface area contributed by atoms with Crippen LogP contribution in [0.4, 0.5) is 9.59 Å². The maximum absolute atomic E-state index is 13.5. The van der Waals surface area contributed by atoms with E-state index in [2.05, 4.69) is 85.6 Å². The second-order valence-electron chi connectivity index (χ2n) is 29.3. The minimum atomic E-state index is -4.96. The van der Waals surface area contributed by atoms with E-state index in [9.17, 15) is 28.5 Å². The summed E-state index contributed by atoms with van der Waals surface area (Å²) >= 11 is 0. The predicted molar refractivity (Wildman–Crippen MR) is 344 cm³/mol. The Balaban J connectivity index is 0.721. The van der Waals surface area contributed by atoms with Crippen molar-refractivity contribution in [3.05, 3.63) is 23.3 Å². The summed E-state index contributed by atoms with van der Waals surface area (Å²) in [6.45, 7) is 24.1. The molecule has 0 aromatic rings. The van der Waals surface area contributed by atoms with E-state index in [1.807, 2.05) is 0 Å². The molecule has 0 saturated heterocycles. The molecule has 500 valence electrons. The smallest absolute Gasteiger partial charge is 0.446 e. The van der Waals surface area contributed by atoms with Gasteiger partial charge >= 0.3 is 27.8 Å². The number of rotatable bonds is 36. The number of fused-ring (bicyclic) bond motifs is 10. The van der Waals surface area contributed by atoms with Gasteiger partial charge in [-0.25, -0.2) is 18.7 Å². The molecule has 18 atom stereocenters. The Morgan fingerprint density at radius 2 is 0.885 bits per heavy atom. The standard InChI is InChI=1S/C66H120N8O11P2/c1-47(55-19-21-57-53-17-15-49-43-51(23-27-63(49,3)59(53)25-29-65(55,57)5)83-61(75)73-41-13-39-71-35-9-7-33-69-37-11-31-67)45-81-86(77,78)85-87(79,80)82-46-48(2)56-20-22-58-54-18-16-50-44-52(24-28-64(50,4)60(54)26-30-66(56,58)6)84-62(76)74-42-14-40-72-36-10-8-34-70-38-12-32-68/h15-16,47-48,51-60,69-72H,7-14,17-46,67-68H2,1-6H3,(H,73,75)(H,74,76)(H,77,78)(H,79,80). The lowest BCUT2D eigenvalue weighted by atomic mass is 9.47. The van der Waals surface area contributed by atoms with Crippen LogP contribution in [0.1, 0.15) is 196 Å². The molecule has 21 heteroatoms. The Labute approximate surface area is 524 Å². The van der Waals surface area contributed by atoms with Crippen molar-refractivity contribution in [2.24, 2.45) is 92.3 Å². The van der Waals surface area contributed by atoms with E-state index in [1.165, 1.54) is 11.1 Å². The van der Waals surface area contributed by atoms with Crippen LogP contribution in [0, 0.1) is 80.8 Å².